The van der Waals surface area contributed by atoms with Crippen molar-refractivity contribution in [1.82, 2.24) is 29.3 Å². The summed E-state index contributed by atoms with van der Waals surface area (Å²) in [6, 6.07) is 16.1. The molecule has 230 valence electrons. The van der Waals surface area contributed by atoms with Gasteiger partial charge in [0.25, 0.3) is 11.8 Å². The molecule has 1 saturated heterocycles. The van der Waals surface area contributed by atoms with E-state index in [1.807, 2.05) is 48.3 Å². The van der Waals surface area contributed by atoms with E-state index in [1.165, 1.54) is 12.8 Å². The summed E-state index contributed by atoms with van der Waals surface area (Å²) < 4.78 is 10.2. The molecule has 0 radical (unpaired) electrons. The third-order valence-corrected chi connectivity index (χ3v) is 9.78. The Balaban J connectivity index is 1.24. The number of piperidine rings is 1. The molecule has 8 rings (SSSR count). The van der Waals surface area contributed by atoms with E-state index >= 15 is 0 Å². The van der Waals surface area contributed by atoms with Gasteiger partial charge in [0.15, 0.2) is 5.82 Å². The second-order valence-corrected chi connectivity index (χ2v) is 12.9. The van der Waals surface area contributed by atoms with Gasteiger partial charge in [0.2, 0.25) is 0 Å². The number of likely N-dealkylation sites (tertiary alicyclic amines) is 1. The molecule has 3 N–H and O–H groups in total. The van der Waals surface area contributed by atoms with Crippen LogP contribution in [0.25, 0.3) is 44.8 Å². The van der Waals surface area contributed by atoms with Gasteiger partial charge in [0.05, 0.1) is 24.0 Å². The Morgan fingerprint density at radius 1 is 1.07 bits per heavy atom. The third-order valence-electron chi connectivity index (χ3n) is 9.78. The van der Waals surface area contributed by atoms with Crippen molar-refractivity contribution >= 4 is 33.9 Å². The Kier molecular flexibility index (Phi) is 6.46. The number of carbonyl (C=O) groups is 2. The molecule has 5 heterocycles. The van der Waals surface area contributed by atoms with Gasteiger partial charge in [-0.25, -0.2) is 9.97 Å². The van der Waals surface area contributed by atoms with Gasteiger partial charge in [-0.15, -0.1) is 0 Å². The van der Waals surface area contributed by atoms with Crippen LogP contribution in [0.15, 0.2) is 48.5 Å². The molecule has 10 heteroatoms. The molecule has 45 heavy (non-hydrogen) atoms. The van der Waals surface area contributed by atoms with E-state index in [4.69, 9.17) is 20.4 Å². The maximum absolute atomic E-state index is 13.7. The Morgan fingerprint density at radius 3 is 2.71 bits per heavy atom. The van der Waals surface area contributed by atoms with Crippen LogP contribution in [0.5, 0.6) is 5.75 Å². The number of carbonyl (C=O) groups excluding carboxylic acids is 2. The predicted octanol–water partition coefficient (Wildman–Crippen LogP) is 4.87. The number of benzene rings is 2. The molecule has 2 aromatic carbocycles. The van der Waals surface area contributed by atoms with Gasteiger partial charge in [-0.05, 0) is 80.5 Å². The fourth-order valence-electron chi connectivity index (χ4n) is 6.99. The van der Waals surface area contributed by atoms with Crippen molar-refractivity contribution in [3.05, 3.63) is 65.2 Å². The van der Waals surface area contributed by atoms with E-state index in [9.17, 15) is 9.59 Å². The van der Waals surface area contributed by atoms with Crippen molar-refractivity contribution in [2.45, 2.75) is 57.8 Å². The Bertz CT molecular complexity index is 2020. The van der Waals surface area contributed by atoms with Gasteiger partial charge in [-0.1, -0.05) is 12.1 Å². The first kappa shape index (κ1) is 27.8. The number of hydrogen-bond acceptors (Lipinski definition) is 6. The molecule has 3 aliphatic rings. The summed E-state index contributed by atoms with van der Waals surface area (Å²) in [5, 5.41) is 3.93. The standard InChI is InChI=1S/C35H37N7O3/c1-19-4-10-25(36)18-41(19)35(44)24-13-28-31(30(15-24)45-3)40(2)33(39-28)29-14-22-9-11-27(38-32(22)42(29)17-20-5-6-20)21-7-8-23-16-37-34(43)26(23)12-21/h7-9,11-15,19-20,25H,4-6,10,16-18,36H2,1-3H3,(H,37,43)/t19-,25-/m0/s1. The van der Waals surface area contributed by atoms with Crippen molar-refractivity contribution in [3.63, 3.8) is 0 Å². The van der Waals surface area contributed by atoms with Gasteiger partial charge in [-0.3, -0.25) is 9.59 Å². The molecule has 2 atom stereocenters. The molecule has 10 nitrogen and oxygen atoms in total. The molecule has 3 aromatic heterocycles. The maximum atomic E-state index is 13.7. The van der Waals surface area contributed by atoms with E-state index in [2.05, 4.69) is 33.5 Å². The summed E-state index contributed by atoms with van der Waals surface area (Å²) in [7, 11) is 3.63. The number of methoxy groups -OCH3 is 1. The van der Waals surface area contributed by atoms with Crippen LogP contribution in [-0.2, 0) is 20.1 Å². The number of imidazole rings is 1. The fraction of sp³-hybridized carbons (Fsp3) is 0.371. The molecule has 5 aromatic rings. The number of ether oxygens (including phenoxy) is 1. The Labute approximate surface area is 261 Å². The summed E-state index contributed by atoms with van der Waals surface area (Å²) in [6.45, 7) is 4.04. The van der Waals surface area contributed by atoms with Gasteiger partial charge >= 0.3 is 0 Å². The summed E-state index contributed by atoms with van der Waals surface area (Å²) in [6.07, 6.45) is 4.20. The monoisotopic (exact) mass is 603 g/mol. The molecular formula is C35H37N7O3. The van der Waals surface area contributed by atoms with Crippen molar-refractivity contribution in [1.29, 1.82) is 0 Å². The quantitative estimate of drug-likeness (QED) is 0.286. The van der Waals surface area contributed by atoms with Crippen LogP contribution in [0.4, 0.5) is 0 Å². The topological polar surface area (TPSA) is 120 Å². The highest BCUT2D eigenvalue weighted by molar-refractivity contribution is 6.01. The lowest BCUT2D eigenvalue weighted by molar-refractivity contribution is 0.0612. The van der Waals surface area contributed by atoms with Crippen LogP contribution < -0.4 is 15.8 Å². The van der Waals surface area contributed by atoms with Crippen LogP contribution in [0, 0.1) is 5.92 Å². The first-order chi connectivity index (χ1) is 21.8. The number of fused-ring (bicyclic) bond motifs is 3. The average molecular weight is 604 g/mol. The first-order valence-corrected chi connectivity index (χ1v) is 15.8. The lowest BCUT2D eigenvalue weighted by Crippen LogP contribution is -2.50. The number of nitrogens with one attached hydrogen (secondary N) is 1. The van der Waals surface area contributed by atoms with Crippen molar-refractivity contribution in [2.24, 2.45) is 18.7 Å². The minimum atomic E-state index is -0.0475. The summed E-state index contributed by atoms with van der Waals surface area (Å²) in [4.78, 5) is 38.2. The highest BCUT2D eigenvalue weighted by Crippen LogP contribution is 2.38. The van der Waals surface area contributed by atoms with Crippen molar-refractivity contribution in [2.75, 3.05) is 13.7 Å². The number of nitrogens with two attached hydrogens (primary N) is 1. The SMILES string of the molecule is COc1cc(C(=O)N2C[C@@H](N)CC[C@@H]2C)cc2nc(-c3cc4ccc(-c5ccc6c(c5)C(=O)NC6)nc4n3CC3CC3)n(C)c12. The van der Waals surface area contributed by atoms with Gasteiger partial charge in [0.1, 0.15) is 16.9 Å². The molecule has 1 saturated carbocycles. The molecule has 0 unspecified atom stereocenters. The second-order valence-electron chi connectivity index (χ2n) is 12.9. The van der Waals surface area contributed by atoms with E-state index in [0.29, 0.717) is 41.4 Å². The lowest BCUT2D eigenvalue weighted by Gasteiger charge is -2.36. The zero-order valence-electron chi connectivity index (χ0n) is 25.8. The van der Waals surface area contributed by atoms with Crippen molar-refractivity contribution in [3.8, 4) is 28.5 Å². The molecule has 2 aliphatic heterocycles. The summed E-state index contributed by atoms with van der Waals surface area (Å²) >= 11 is 0. The largest absolute Gasteiger partial charge is 0.494 e. The normalized spacial score (nSPS) is 19.7. The van der Waals surface area contributed by atoms with Crippen LogP contribution >= 0.6 is 0 Å². The predicted molar refractivity (Wildman–Crippen MR) is 173 cm³/mol. The fourth-order valence-corrected chi connectivity index (χ4v) is 6.99. The molecule has 1 aliphatic carbocycles. The van der Waals surface area contributed by atoms with E-state index in [0.717, 1.165) is 64.3 Å². The molecule has 2 fully saturated rings. The number of aryl methyl sites for hydroxylation is 1. The van der Waals surface area contributed by atoms with Crippen LogP contribution in [-0.4, -0.2) is 61.6 Å². The number of aromatic nitrogens is 4. The third kappa shape index (κ3) is 4.66. The summed E-state index contributed by atoms with van der Waals surface area (Å²) in [5.41, 5.74) is 13.7. The molecule has 2 amide bonds. The first-order valence-electron chi connectivity index (χ1n) is 15.8. The average Bonchev–Trinajstić information content (AvgIpc) is 3.58. The minimum Gasteiger partial charge on any atom is -0.494 e. The van der Waals surface area contributed by atoms with Gasteiger partial charge < -0.3 is 29.8 Å². The second kappa shape index (κ2) is 10.4. The van der Waals surface area contributed by atoms with E-state index in [1.54, 1.807) is 7.11 Å². The zero-order chi connectivity index (χ0) is 31.0. The Morgan fingerprint density at radius 2 is 1.91 bits per heavy atom. The lowest BCUT2D eigenvalue weighted by atomic mass is 9.99. The smallest absolute Gasteiger partial charge is 0.254 e. The minimum absolute atomic E-state index is 0.0121. The Hall–Kier alpha value is -4.70. The van der Waals surface area contributed by atoms with Crippen LogP contribution in [0.2, 0.25) is 0 Å². The zero-order valence-corrected chi connectivity index (χ0v) is 25.8. The molecule has 0 bridgehead atoms. The summed E-state index contributed by atoms with van der Waals surface area (Å²) in [5.74, 6) is 1.91. The number of nitrogens with zero attached hydrogens (tertiary/aromatic N) is 5. The number of pyridine rings is 1. The highest BCUT2D eigenvalue weighted by Gasteiger charge is 2.30. The van der Waals surface area contributed by atoms with E-state index < -0.39 is 0 Å². The van der Waals surface area contributed by atoms with Crippen LogP contribution in [0.3, 0.4) is 0 Å². The maximum Gasteiger partial charge on any atom is 0.254 e. The number of hydrogen-bond donors (Lipinski definition) is 2. The number of rotatable bonds is 6. The molecular weight excluding hydrogens is 566 g/mol. The van der Waals surface area contributed by atoms with Crippen molar-refractivity contribution < 1.29 is 14.3 Å². The van der Waals surface area contributed by atoms with Gasteiger partial charge in [0, 0.05) is 60.8 Å². The molecule has 0 spiro atoms. The van der Waals surface area contributed by atoms with Gasteiger partial charge in [-0.2, -0.15) is 0 Å². The highest BCUT2D eigenvalue weighted by atomic mass is 16.5. The number of amides is 2. The van der Waals surface area contributed by atoms with E-state index in [-0.39, 0.29) is 23.9 Å². The van der Waals surface area contributed by atoms with Crippen LogP contribution in [0.1, 0.15) is 58.9 Å².